The second-order valence-corrected chi connectivity index (χ2v) is 10.5. The molecule has 4 aliphatic carbocycles. The number of aliphatic hydroxyl groups is 1. The smallest absolute Gasteiger partial charge is 0.119 e. The molecule has 5 rings (SSSR count). The molecule has 1 aromatic carbocycles. The van der Waals surface area contributed by atoms with Crippen LogP contribution in [0.2, 0.25) is 0 Å². The van der Waals surface area contributed by atoms with Gasteiger partial charge in [-0.05, 0) is 86.5 Å². The number of nitrogens with two attached hydrogens (primary N) is 1. The van der Waals surface area contributed by atoms with Gasteiger partial charge in [0.25, 0.3) is 0 Å². The van der Waals surface area contributed by atoms with Gasteiger partial charge in [-0.3, -0.25) is 4.21 Å². The van der Waals surface area contributed by atoms with E-state index in [4.69, 9.17) is 10.5 Å². The van der Waals surface area contributed by atoms with Gasteiger partial charge in [0.05, 0.1) is 22.7 Å². The van der Waals surface area contributed by atoms with Crippen molar-refractivity contribution >= 4 is 10.8 Å². The molecule has 0 amide bonds. The molecule has 0 heterocycles. The molecule has 3 N–H and O–H groups in total. The molecule has 4 nitrogen and oxygen atoms in total. The highest BCUT2D eigenvalue weighted by molar-refractivity contribution is 7.85. The van der Waals surface area contributed by atoms with Crippen molar-refractivity contribution in [3.63, 3.8) is 0 Å². The normalized spacial score (nSPS) is 32.2. The third kappa shape index (κ3) is 3.66. The summed E-state index contributed by atoms with van der Waals surface area (Å²) >= 11 is 0. The van der Waals surface area contributed by atoms with E-state index >= 15 is 0 Å². The summed E-state index contributed by atoms with van der Waals surface area (Å²) in [7, 11) is -1.05. The molecule has 4 fully saturated rings. The van der Waals surface area contributed by atoms with Crippen LogP contribution in [0, 0.1) is 10.8 Å². The lowest BCUT2D eigenvalue weighted by atomic mass is 9.52. The van der Waals surface area contributed by atoms with Gasteiger partial charge < -0.3 is 15.6 Å². The van der Waals surface area contributed by atoms with Gasteiger partial charge in [0.1, 0.15) is 12.4 Å². The van der Waals surface area contributed by atoms with Crippen molar-refractivity contribution in [2.75, 3.05) is 18.9 Å². The maximum absolute atomic E-state index is 13.0. The molecule has 4 saturated carbocycles. The summed E-state index contributed by atoms with van der Waals surface area (Å²) in [5.41, 5.74) is 5.73. The maximum atomic E-state index is 13.0. The van der Waals surface area contributed by atoms with E-state index in [1.165, 1.54) is 0 Å². The molecule has 0 aromatic heterocycles. The summed E-state index contributed by atoms with van der Waals surface area (Å²) in [6.45, 7) is 0.242. The van der Waals surface area contributed by atoms with E-state index in [2.05, 4.69) is 0 Å². The summed E-state index contributed by atoms with van der Waals surface area (Å²) < 4.78 is 31.1. The molecule has 4 aliphatic rings. The van der Waals surface area contributed by atoms with Crippen LogP contribution in [0.15, 0.2) is 41.1 Å². The standard InChI is InChI=1S/C22H30FNO3S/c23-13-17(14-24)15-27-18-1-3-19(4-2-18)28(26)16-20-5-8-21(9-6-20,10-7-20)22(25)11-12-22/h1-4,13,25H,5-12,14-16,24H2/b17-13+. The van der Waals surface area contributed by atoms with Gasteiger partial charge in [-0.25, -0.2) is 4.39 Å². The summed E-state index contributed by atoms with van der Waals surface area (Å²) in [6, 6.07) is 7.25. The summed E-state index contributed by atoms with van der Waals surface area (Å²) in [5.74, 6) is 1.31. The Morgan fingerprint density at radius 2 is 1.71 bits per heavy atom. The van der Waals surface area contributed by atoms with Crippen molar-refractivity contribution in [2.24, 2.45) is 16.6 Å². The van der Waals surface area contributed by atoms with Crippen LogP contribution in [0.25, 0.3) is 0 Å². The average molecular weight is 408 g/mol. The molecule has 1 aromatic rings. The van der Waals surface area contributed by atoms with Gasteiger partial charge in [0.15, 0.2) is 0 Å². The molecule has 0 spiro atoms. The predicted octanol–water partition coefficient (Wildman–Crippen LogP) is 3.85. The van der Waals surface area contributed by atoms with Gasteiger partial charge >= 0.3 is 0 Å². The summed E-state index contributed by atoms with van der Waals surface area (Å²) in [6.07, 6.45) is 8.91. The lowest BCUT2D eigenvalue weighted by Gasteiger charge is -2.55. The fraction of sp³-hybridized carbons (Fsp3) is 0.636. The summed E-state index contributed by atoms with van der Waals surface area (Å²) in [4.78, 5) is 0.810. The number of hydrogen-bond donors (Lipinski definition) is 2. The highest BCUT2D eigenvalue weighted by atomic mass is 32.2. The fourth-order valence-corrected chi connectivity index (χ4v) is 6.78. The van der Waals surface area contributed by atoms with Crippen molar-refractivity contribution in [3.8, 4) is 5.75 Å². The first-order valence-corrected chi connectivity index (χ1v) is 11.6. The largest absolute Gasteiger partial charge is 0.489 e. The number of benzene rings is 1. The molecule has 154 valence electrons. The zero-order valence-electron chi connectivity index (χ0n) is 16.3. The number of halogens is 1. The van der Waals surface area contributed by atoms with Crippen LogP contribution < -0.4 is 10.5 Å². The molecular weight excluding hydrogens is 377 g/mol. The van der Waals surface area contributed by atoms with Crippen LogP contribution in [0.3, 0.4) is 0 Å². The van der Waals surface area contributed by atoms with E-state index < -0.39 is 16.4 Å². The molecule has 1 atom stereocenters. The lowest BCUT2D eigenvalue weighted by molar-refractivity contribution is -0.0964. The SMILES string of the molecule is NC/C(=C\F)COc1ccc(S(=O)CC23CCC(C4(O)CC4)(CC2)CC3)cc1. The Kier molecular flexibility index (Phi) is 5.40. The lowest BCUT2D eigenvalue weighted by Crippen LogP contribution is -2.50. The van der Waals surface area contributed by atoms with E-state index in [1.807, 2.05) is 12.1 Å². The first-order valence-electron chi connectivity index (χ1n) is 10.3. The Morgan fingerprint density at radius 3 is 2.21 bits per heavy atom. The van der Waals surface area contributed by atoms with Gasteiger partial charge in [0, 0.05) is 22.8 Å². The minimum Gasteiger partial charge on any atom is -0.489 e. The first-order chi connectivity index (χ1) is 13.4. The maximum Gasteiger partial charge on any atom is 0.119 e. The quantitative estimate of drug-likeness (QED) is 0.687. The monoisotopic (exact) mass is 407 g/mol. The third-order valence-corrected chi connectivity index (χ3v) is 9.15. The molecule has 1 unspecified atom stereocenters. The minimum absolute atomic E-state index is 0.118. The van der Waals surface area contributed by atoms with Crippen LogP contribution in [0.4, 0.5) is 4.39 Å². The highest BCUT2D eigenvalue weighted by Crippen LogP contribution is 2.66. The van der Waals surface area contributed by atoms with Crippen LogP contribution in [0.5, 0.6) is 5.75 Å². The van der Waals surface area contributed by atoms with E-state index in [0.29, 0.717) is 23.4 Å². The van der Waals surface area contributed by atoms with Gasteiger partial charge in [0.2, 0.25) is 0 Å². The van der Waals surface area contributed by atoms with Crippen molar-refractivity contribution < 1.29 is 18.4 Å². The molecular formula is C22H30FNO3S. The third-order valence-electron chi connectivity index (χ3n) is 7.48. The van der Waals surface area contributed by atoms with Gasteiger partial charge in [-0.2, -0.15) is 0 Å². The van der Waals surface area contributed by atoms with E-state index in [0.717, 1.165) is 56.3 Å². The van der Waals surface area contributed by atoms with Crippen molar-refractivity contribution in [3.05, 3.63) is 36.2 Å². The number of rotatable bonds is 8. The van der Waals surface area contributed by atoms with E-state index in [-0.39, 0.29) is 24.0 Å². The van der Waals surface area contributed by atoms with E-state index in [9.17, 15) is 13.7 Å². The molecule has 0 radical (unpaired) electrons. The number of fused-ring (bicyclic) bond motifs is 3. The van der Waals surface area contributed by atoms with Crippen molar-refractivity contribution in [1.29, 1.82) is 0 Å². The predicted molar refractivity (Wildman–Crippen MR) is 108 cm³/mol. The van der Waals surface area contributed by atoms with Crippen LogP contribution in [-0.4, -0.2) is 33.8 Å². The molecule has 6 heteroatoms. The second kappa shape index (κ2) is 7.54. The second-order valence-electron chi connectivity index (χ2n) is 9.03. The topological polar surface area (TPSA) is 72.5 Å². The Bertz CT molecular complexity index is 748. The fourth-order valence-electron chi connectivity index (χ4n) is 5.19. The van der Waals surface area contributed by atoms with Crippen LogP contribution in [0.1, 0.15) is 51.4 Å². The first kappa shape index (κ1) is 20.0. The van der Waals surface area contributed by atoms with E-state index in [1.54, 1.807) is 12.1 Å². The minimum atomic E-state index is -1.05. The Balaban J connectivity index is 1.34. The van der Waals surface area contributed by atoms with Crippen LogP contribution in [-0.2, 0) is 10.8 Å². The van der Waals surface area contributed by atoms with Gasteiger partial charge in [-0.1, -0.05) is 0 Å². The van der Waals surface area contributed by atoms with Crippen molar-refractivity contribution in [1.82, 2.24) is 0 Å². The molecule has 28 heavy (non-hydrogen) atoms. The Morgan fingerprint density at radius 1 is 1.11 bits per heavy atom. The Labute approximate surface area is 168 Å². The zero-order chi connectivity index (χ0) is 19.8. The molecule has 2 bridgehead atoms. The highest BCUT2D eigenvalue weighted by Gasteiger charge is 2.62. The number of hydrogen-bond acceptors (Lipinski definition) is 4. The van der Waals surface area contributed by atoms with Crippen LogP contribution >= 0.6 is 0 Å². The average Bonchev–Trinajstić information content (AvgIpc) is 3.49. The zero-order valence-corrected chi connectivity index (χ0v) is 17.1. The van der Waals surface area contributed by atoms with Gasteiger partial charge in [-0.15, -0.1) is 0 Å². The molecule has 0 saturated heterocycles. The number of ether oxygens (including phenoxy) is 1. The molecule has 0 aliphatic heterocycles. The Hall–Kier alpha value is -1.24. The summed E-state index contributed by atoms with van der Waals surface area (Å²) in [5, 5.41) is 10.7. The van der Waals surface area contributed by atoms with Crippen molar-refractivity contribution in [2.45, 2.75) is 61.9 Å².